The standard InChI is InChI=1S/C22H18FN3O4/c1-22(2,3)30-21(27)25-17-10-8-15(23)11-14(17)12-19(25)16-9-7-13-5-4-6-18(26(28)29)20(13)24-16/h4-12H,1-3H3. The summed E-state index contributed by atoms with van der Waals surface area (Å²) in [4.78, 5) is 28.3. The van der Waals surface area contributed by atoms with Crippen LogP contribution in [0.4, 0.5) is 14.9 Å². The number of carbonyl (C=O) groups excluding carboxylic acids is 1. The number of hydrogen-bond acceptors (Lipinski definition) is 5. The highest BCUT2D eigenvalue weighted by Crippen LogP contribution is 2.32. The molecule has 0 aliphatic heterocycles. The maximum absolute atomic E-state index is 13.8. The van der Waals surface area contributed by atoms with E-state index in [1.807, 2.05) is 0 Å². The van der Waals surface area contributed by atoms with Crippen molar-refractivity contribution in [3.63, 3.8) is 0 Å². The Morgan fingerprint density at radius 3 is 2.57 bits per heavy atom. The molecule has 0 spiro atoms. The Morgan fingerprint density at radius 2 is 1.87 bits per heavy atom. The predicted molar refractivity (Wildman–Crippen MR) is 111 cm³/mol. The second-order valence-electron chi connectivity index (χ2n) is 7.85. The summed E-state index contributed by atoms with van der Waals surface area (Å²) in [5.74, 6) is -0.447. The molecule has 0 saturated carbocycles. The number of carbonyl (C=O) groups is 1. The predicted octanol–water partition coefficient (Wildman–Crippen LogP) is 5.69. The Labute approximate surface area is 170 Å². The largest absolute Gasteiger partial charge is 0.443 e. The molecule has 2 aromatic heterocycles. The highest BCUT2D eigenvalue weighted by atomic mass is 19.1. The van der Waals surface area contributed by atoms with Crippen LogP contribution in [0, 0.1) is 15.9 Å². The average Bonchev–Trinajstić information content (AvgIpc) is 3.04. The highest BCUT2D eigenvalue weighted by molar-refractivity contribution is 5.97. The molecule has 0 saturated heterocycles. The van der Waals surface area contributed by atoms with Crippen LogP contribution in [0.5, 0.6) is 0 Å². The van der Waals surface area contributed by atoms with Crippen LogP contribution in [0.25, 0.3) is 33.2 Å². The van der Waals surface area contributed by atoms with E-state index in [1.165, 1.54) is 28.8 Å². The van der Waals surface area contributed by atoms with Crippen molar-refractivity contribution in [1.29, 1.82) is 0 Å². The quantitative estimate of drug-likeness (QED) is 0.315. The molecule has 0 bridgehead atoms. The molecule has 2 aromatic carbocycles. The molecule has 0 aliphatic carbocycles. The Balaban J connectivity index is 1.98. The number of hydrogen-bond donors (Lipinski definition) is 0. The summed E-state index contributed by atoms with van der Waals surface area (Å²) in [5.41, 5.74) is 0.447. The van der Waals surface area contributed by atoms with Crippen molar-refractivity contribution in [2.75, 3.05) is 0 Å². The van der Waals surface area contributed by atoms with Crippen LogP contribution in [0.3, 0.4) is 0 Å². The van der Waals surface area contributed by atoms with E-state index >= 15 is 0 Å². The third kappa shape index (κ3) is 3.47. The summed E-state index contributed by atoms with van der Waals surface area (Å²) >= 11 is 0. The molecule has 8 heteroatoms. The summed E-state index contributed by atoms with van der Waals surface area (Å²) in [7, 11) is 0. The van der Waals surface area contributed by atoms with Gasteiger partial charge in [-0.25, -0.2) is 18.7 Å². The van der Waals surface area contributed by atoms with Crippen molar-refractivity contribution in [1.82, 2.24) is 9.55 Å². The van der Waals surface area contributed by atoms with Crippen LogP contribution >= 0.6 is 0 Å². The van der Waals surface area contributed by atoms with Crippen LogP contribution in [0.1, 0.15) is 20.8 Å². The first kappa shape index (κ1) is 19.5. The number of para-hydroxylation sites is 1. The Hall–Kier alpha value is -3.81. The summed E-state index contributed by atoms with van der Waals surface area (Å²) in [6, 6.07) is 13.7. The first-order chi connectivity index (χ1) is 14.1. The Kier molecular flexibility index (Phi) is 4.49. The van der Waals surface area contributed by atoms with Gasteiger partial charge in [-0.2, -0.15) is 0 Å². The fourth-order valence-electron chi connectivity index (χ4n) is 3.30. The van der Waals surface area contributed by atoms with Gasteiger partial charge in [0.05, 0.1) is 21.8 Å². The molecule has 30 heavy (non-hydrogen) atoms. The molecule has 2 heterocycles. The van der Waals surface area contributed by atoms with Gasteiger partial charge in [0.25, 0.3) is 5.69 Å². The molecule has 0 aliphatic rings. The number of aromatic nitrogens is 2. The summed E-state index contributed by atoms with van der Waals surface area (Å²) in [5, 5.41) is 12.5. The van der Waals surface area contributed by atoms with E-state index in [2.05, 4.69) is 4.98 Å². The molecular formula is C22H18FN3O4. The van der Waals surface area contributed by atoms with Crippen LogP contribution < -0.4 is 0 Å². The van der Waals surface area contributed by atoms with Gasteiger partial charge >= 0.3 is 6.09 Å². The smallest absolute Gasteiger partial charge is 0.419 e. The minimum atomic E-state index is -0.749. The van der Waals surface area contributed by atoms with Crippen molar-refractivity contribution in [2.24, 2.45) is 0 Å². The van der Waals surface area contributed by atoms with E-state index < -0.39 is 22.4 Å². The molecule has 0 radical (unpaired) electrons. The lowest BCUT2D eigenvalue weighted by atomic mass is 10.1. The van der Waals surface area contributed by atoms with Crippen LogP contribution in [-0.2, 0) is 4.74 Å². The Morgan fingerprint density at radius 1 is 1.10 bits per heavy atom. The molecule has 0 unspecified atom stereocenters. The fraction of sp³-hybridized carbons (Fsp3) is 0.182. The maximum atomic E-state index is 13.8. The Bertz CT molecular complexity index is 1320. The zero-order valence-corrected chi connectivity index (χ0v) is 16.5. The lowest BCUT2D eigenvalue weighted by molar-refractivity contribution is -0.383. The SMILES string of the molecule is CC(C)(C)OC(=O)n1c(-c2ccc3cccc([N+](=O)[O-])c3n2)cc2cc(F)ccc21. The lowest BCUT2D eigenvalue weighted by Crippen LogP contribution is -2.27. The minimum Gasteiger partial charge on any atom is -0.443 e. The molecule has 0 fully saturated rings. The van der Waals surface area contributed by atoms with Crippen LogP contribution in [-0.4, -0.2) is 26.2 Å². The number of pyridine rings is 1. The van der Waals surface area contributed by atoms with E-state index in [9.17, 15) is 19.3 Å². The minimum absolute atomic E-state index is 0.139. The van der Waals surface area contributed by atoms with Gasteiger partial charge in [-0.15, -0.1) is 0 Å². The number of nitro groups is 1. The van der Waals surface area contributed by atoms with E-state index in [4.69, 9.17) is 4.74 Å². The van der Waals surface area contributed by atoms with Crippen molar-refractivity contribution < 1.29 is 18.8 Å². The molecule has 0 N–H and O–H groups in total. The molecular weight excluding hydrogens is 389 g/mol. The number of benzene rings is 2. The second kappa shape index (κ2) is 6.91. The number of nitro benzene ring substituents is 1. The number of fused-ring (bicyclic) bond motifs is 2. The summed E-state index contributed by atoms with van der Waals surface area (Å²) in [6.45, 7) is 5.23. The summed E-state index contributed by atoms with van der Waals surface area (Å²) in [6.07, 6.45) is -0.649. The van der Waals surface area contributed by atoms with Crippen LogP contribution in [0.15, 0.2) is 54.6 Å². The first-order valence-electron chi connectivity index (χ1n) is 9.23. The monoisotopic (exact) mass is 407 g/mol. The molecule has 0 amide bonds. The zero-order valence-electron chi connectivity index (χ0n) is 16.5. The van der Waals surface area contributed by atoms with Gasteiger partial charge in [0.15, 0.2) is 0 Å². The molecule has 4 rings (SSSR count). The lowest BCUT2D eigenvalue weighted by Gasteiger charge is -2.21. The number of nitrogens with zero attached hydrogens (tertiary/aromatic N) is 3. The third-order valence-corrected chi connectivity index (χ3v) is 4.50. The van der Waals surface area contributed by atoms with Gasteiger partial charge in [-0.3, -0.25) is 10.1 Å². The van der Waals surface area contributed by atoms with Gasteiger partial charge in [0.1, 0.15) is 16.9 Å². The van der Waals surface area contributed by atoms with Crippen molar-refractivity contribution in [2.45, 2.75) is 26.4 Å². The molecule has 4 aromatic rings. The van der Waals surface area contributed by atoms with E-state index in [0.29, 0.717) is 27.7 Å². The average molecular weight is 407 g/mol. The van der Waals surface area contributed by atoms with Crippen molar-refractivity contribution in [3.05, 3.63) is 70.5 Å². The van der Waals surface area contributed by atoms with E-state index in [0.717, 1.165) is 0 Å². The molecule has 0 atom stereocenters. The molecule has 152 valence electrons. The second-order valence-corrected chi connectivity index (χ2v) is 7.85. The van der Waals surface area contributed by atoms with Crippen molar-refractivity contribution in [3.8, 4) is 11.4 Å². The van der Waals surface area contributed by atoms with Gasteiger partial charge < -0.3 is 4.74 Å². The number of non-ortho nitro benzene ring substituents is 1. The summed E-state index contributed by atoms with van der Waals surface area (Å²) < 4.78 is 20.6. The number of rotatable bonds is 2. The van der Waals surface area contributed by atoms with E-state index in [1.54, 1.807) is 51.1 Å². The third-order valence-electron chi connectivity index (χ3n) is 4.50. The first-order valence-corrected chi connectivity index (χ1v) is 9.23. The van der Waals surface area contributed by atoms with Gasteiger partial charge in [-0.05, 0) is 51.1 Å². The fourth-order valence-corrected chi connectivity index (χ4v) is 3.30. The van der Waals surface area contributed by atoms with Gasteiger partial charge in [-0.1, -0.05) is 18.2 Å². The highest BCUT2D eigenvalue weighted by Gasteiger charge is 2.24. The number of halogens is 1. The van der Waals surface area contributed by atoms with E-state index in [-0.39, 0.29) is 11.2 Å². The zero-order chi connectivity index (χ0) is 21.6. The molecule has 7 nitrogen and oxygen atoms in total. The van der Waals surface area contributed by atoms with Crippen LogP contribution in [0.2, 0.25) is 0 Å². The normalized spacial score (nSPS) is 11.7. The number of ether oxygens (including phenoxy) is 1. The van der Waals surface area contributed by atoms with Gasteiger partial charge in [0, 0.05) is 16.8 Å². The van der Waals surface area contributed by atoms with Crippen molar-refractivity contribution >= 4 is 33.6 Å². The van der Waals surface area contributed by atoms with Gasteiger partial charge in [0.2, 0.25) is 0 Å². The maximum Gasteiger partial charge on any atom is 0.419 e. The topological polar surface area (TPSA) is 87.3 Å².